The molecule has 0 aromatic carbocycles. The van der Waals surface area contributed by atoms with Gasteiger partial charge in [-0.05, 0) is 6.92 Å². The van der Waals surface area contributed by atoms with Gasteiger partial charge < -0.3 is 9.64 Å². The summed E-state index contributed by atoms with van der Waals surface area (Å²) in [5.74, 6) is 2.51. The van der Waals surface area contributed by atoms with Crippen LogP contribution in [0.1, 0.15) is 16.1 Å². The van der Waals surface area contributed by atoms with Gasteiger partial charge in [-0.15, -0.1) is 0 Å². The Hall–Kier alpha value is -1.30. The van der Waals surface area contributed by atoms with Gasteiger partial charge >= 0.3 is 5.97 Å². The molecule has 0 saturated carbocycles. The van der Waals surface area contributed by atoms with Gasteiger partial charge in [-0.1, -0.05) is 0 Å². The van der Waals surface area contributed by atoms with Gasteiger partial charge in [0.1, 0.15) is 0 Å². The molecule has 1 aliphatic heterocycles. The van der Waals surface area contributed by atoms with Gasteiger partial charge in [0.05, 0.1) is 18.4 Å². The molecule has 17 heavy (non-hydrogen) atoms. The maximum absolute atomic E-state index is 11.4. The molecule has 0 radical (unpaired) electrons. The van der Waals surface area contributed by atoms with Crippen LogP contribution in [0, 0.1) is 6.92 Å². The molecule has 1 aliphatic rings. The Morgan fingerprint density at radius 1 is 1.47 bits per heavy atom. The lowest BCUT2D eigenvalue weighted by molar-refractivity contribution is 0.0599. The first kappa shape index (κ1) is 12.2. The lowest BCUT2D eigenvalue weighted by Crippen LogP contribution is -2.34. The molecule has 0 unspecified atom stereocenters. The Bertz CT molecular complexity index is 419. The van der Waals surface area contributed by atoms with Crippen LogP contribution in [0.15, 0.2) is 6.20 Å². The molecule has 0 amide bonds. The van der Waals surface area contributed by atoms with Gasteiger partial charge in [-0.3, -0.25) is 0 Å². The van der Waals surface area contributed by atoms with Crippen LogP contribution in [0.3, 0.4) is 0 Å². The summed E-state index contributed by atoms with van der Waals surface area (Å²) in [6.07, 6.45) is 1.55. The number of carbonyl (C=O) groups excluding carboxylic acids is 1. The highest BCUT2D eigenvalue weighted by Crippen LogP contribution is 2.16. The number of thioether (sulfide) groups is 1. The molecule has 0 spiro atoms. The summed E-state index contributed by atoms with van der Waals surface area (Å²) < 4.78 is 4.67. The summed E-state index contributed by atoms with van der Waals surface area (Å²) in [6.45, 7) is 3.72. The molecule has 92 valence electrons. The molecule has 0 aliphatic carbocycles. The standard InChI is InChI=1S/C11H15N3O2S/c1-8-9(10(15)16-2)7-12-11(13-8)14-3-5-17-6-4-14/h7H,3-6H2,1-2H3. The van der Waals surface area contributed by atoms with Gasteiger partial charge in [0.25, 0.3) is 0 Å². The average Bonchev–Trinajstić information content (AvgIpc) is 2.39. The quantitative estimate of drug-likeness (QED) is 0.736. The van der Waals surface area contributed by atoms with E-state index in [1.165, 1.54) is 7.11 Å². The number of hydrogen-bond acceptors (Lipinski definition) is 6. The van der Waals surface area contributed by atoms with E-state index < -0.39 is 0 Å². The number of rotatable bonds is 2. The zero-order chi connectivity index (χ0) is 12.3. The van der Waals surface area contributed by atoms with Crippen LogP contribution >= 0.6 is 11.8 Å². The fourth-order valence-electron chi connectivity index (χ4n) is 1.68. The van der Waals surface area contributed by atoms with Crippen molar-refractivity contribution in [3.8, 4) is 0 Å². The number of aromatic nitrogens is 2. The molecule has 1 saturated heterocycles. The number of hydrogen-bond donors (Lipinski definition) is 0. The zero-order valence-corrected chi connectivity index (χ0v) is 10.8. The lowest BCUT2D eigenvalue weighted by atomic mass is 10.2. The van der Waals surface area contributed by atoms with Crippen molar-refractivity contribution in [2.45, 2.75) is 6.92 Å². The fourth-order valence-corrected chi connectivity index (χ4v) is 2.58. The number of carbonyl (C=O) groups is 1. The van der Waals surface area contributed by atoms with E-state index >= 15 is 0 Å². The third-order valence-corrected chi connectivity index (χ3v) is 3.61. The maximum Gasteiger partial charge on any atom is 0.341 e. The Morgan fingerprint density at radius 2 is 2.18 bits per heavy atom. The van der Waals surface area contributed by atoms with Crippen molar-refractivity contribution in [3.05, 3.63) is 17.5 Å². The Balaban J connectivity index is 2.20. The Morgan fingerprint density at radius 3 is 2.76 bits per heavy atom. The van der Waals surface area contributed by atoms with E-state index in [2.05, 4.69) is 19.6 Å². The zero-order valence-electron chi connectivity index (χ0n) is 9.97. The van der Waals surface area contributed by atoms with Crippen LogP contribution < -0.4 is 4.90 Å². The highest BCUT2D eigenvalue weighted by molar-refractivity contribution is 7.99. The summed E-state index contributed by atoms with van der Waals surface area (Å²) in [5, 5.41) is 0. The molecule has 5 nitrogen and oxygen atoms in total. The maximum atomic E-state index is 11.4. The van der Waals surface area contributed by atoms with E-state index in [0.717, 1.165) is 24.6 Å². The monoisotopic (exact) mass is 253 g/mol. The summed E-state index contributed by atoms with van der Waals surface area (Å²) in [5.41, 5.74) is 1.10. The van der Waals surface area contributed by atoms with Gasteiger partial charge in [-0.25, -0.2) is 14.8 Å². The van der Waals surface area contributed by atoms with Crippen LogP contribution in [0.5, 0.6) is 0 Å². The second-order valence-electron chi connectivity index (χ2n) is 3.76. The third kappa shape index (κ3) is 2.69. The molecule has 2 heterocycles. The van der Waals surface area contributed by atoms with Crippen molar-refractivity contribution >= 4 is 23.7 Å². The van der Waals surface area contributed by atoms with Crippen LogP contribution in [0.4, 0.5) is 5.95 Å². The predicted molar refractivity (Wildman–Crippen MR) is 67.6 cm³/mol. The molecule has 2 rings (SSSR count). The van der Waals surface area contributed by atoms with Crippen molar-refractivity contribution in [1.82, 2.24) is 9.97 Å². The second-order valence-corrected chi connectivity index (χ2v) is 4.98. The Labute approximate surface area is 105 Å². The van der Waals surface area contributed by atoms with Crippen LogP contribution in [0.2, 0.25) is 0 Å². The molecule has 1 aromatic heterocycles. The van der Waals surface area contributed by atoms with Crippen molar-refractivity contribution in [1.29, 1.82) is 0 Å². The van der Waals surface area contributed by atoms with E-state index in [9.17, 15) is 4.79 Å². The number of anilines is 1. The van der Waals surface area contributed by atoms with E-state index in [0.29, 0.717) is 17.2 Å². The van der Waals surface area contributed by atoms with E-state index in [4.69, 9.17) is 0 Å². The van der Waals surface area contributed by atoms with E-state index in [1.807, 2.05) is 11.8 Å². The minimum Gasteiger partial charge on any atom is -0.465 e. The first-order valence-corrected chi connectivity index (χ1v) is 6.62. The highest BCUT2D eigenvalue weighted by Gasteiger charge is 2.17. The van der Waals surface area contributed by atoms with Gasteiger partial charge in [-0.2, -0.15) is 11.8 Å². The first-order valence-electron chi connectivity index (χ1n) is 5.47. The number of ether oxygens (including phenoxy) is 1. The van der Waals surface area contributed by atoms with Crippen molar-refractivity contribution < 1.29 is 9.53 Å². The van der Waals surface area contributed by atoms with Gasteiger partial charge in [0.15, 0.2) is 0 Å². The van der Waals surface area contributed by atoms with E-state index in [1.54, 1.807) is 13.1 Å². The minimum atomic E-state index is -0.386. The highest BCUT2D eigenvalue weighted by atomic mass is 32.2. The predicted octanol–water partition coefficient (Wildman–Crippen LogP) is 1.12. The fraction of sp³-hybridized carbons (Fsp3) is 0.545. The summed E-state index contributed by atoms with van der Waals surface area (Å²) >= 11 is 1.94. The van der Waals surface area contributed by atoms with Crippen molar-refractivity contribution in [3.63, 3.8) is 0 Å². The molecule has 0 N–H and O–H groups in total. The molecular formula is C11H15N3O2S. The van der Waals surface area contributed by atoms with Crippen LogP contribution in [-0.2, 0) is 4.74 Å². The van der Waals surface area contributed by atoms with Crippen LogP contribution in [-0.4, -0.2) is 47.6 Å². The summed E-state index contributed by atoms with van der Waals surface area (Å²) in [7, 11) is 1.36. The molecule has 6 heteroatoms. The summed E-state index contributed by atoms with van der Waals surface area (Å²) in [4.78, 5) is 22.2. The first-order chi connectivity index (χ1) is 8.22. The average molecular weight is 253 g/mol. The Kier molecular flexibility index (Phi) is 3.83. The number of esters is 1. The van der Waals surface area contributed by atoms with Gasteiger partial charge in [0.2, 0.25) is 5.95 Å². The molecular weight excluding hydrogens is 238 g/mol. The topological polar surface area (TPSA) is 55.3 Å². The van der Waals surface area contributed by atoms with Crippen molar-refractivity contribution in [2.24, 2.45) is 0 Å². The number of methoxy groups -OCH3 is 1. The molecule has 1 aromatic rings. The largest absolute Gasteiger partial charge is 0.465 e. The lowest BCUT2D eigenvalue weighted by Gasteiger charge is -2.26. The van der Waals surface area contributed by atoms with Crippen molar-refractivity contribution in [2.75, 3.05) is 36.6 Å². The van der Waals surface area contributed by atoms with Gasteiger partial charge in [0, 0.05) is 30.8 Å². The SMILES string of the molecule is COC(=O)c1cnc(N2CCSCC2)nc1C. The molecule has 0 bridgehead atoms. The van der Waals surface area contributed by atoms with Crippen LogP contribution in [0.25, 0.3) is 0 Å². The molecule has 1 fully saturated rings. The normalized spacial score (nSPS) is 15.8. The minimum absolute atomic E-state index is 0.386. The second kappa shape index (κ2) is 5.35. The molecule has 0 atom stereocenters. The number of aryl methyl sites for hydroxylation is 1. The number of nitrogens with zero attached hydrogens (tertiary/aromatic N) is 3. The summed E-state index contributed by atoms with van der Waals surface area (Å²) in [6, 6.07) is 0. The smallest absolute Gasteiger partial charge is 0.341 e. The third-order valence-electron chi connectivity index (χ3n) is 2.67. The van der Waals surface area contributed by atoms with E-state index in [-0.39, 0.29) is 5.97 Å².